The minimum atomic E-state index is -4.55. The van der Waals surface area contributed by atoms with E-state index in [4.69, 9.17) is 0 Å². The van der Waals surface area contributed by atoms with Gasteiger partial charge in [-0.05, 0) is 16.0 Å². The quantitative estimate of drug-likeness (QED) is 0.468. The molecule has 0 spiro atoms. The highest BCUT2D eigenvalue weighted by molar-refractivity contribution is 4.40. The van der Waals surface area contributed by atoms with Crippen molar-refractivity contribution in [1.29, 1.82) is 0 Å². The standard InChI is InChI=1S/C2H2F4O.C2H5F.CH2F2O.2CH2F2.CH3F.2CH4/c3-2(4,5)1-7-6;1-2-3;2-1-4-3;2*2-1-3;1-2;;/h1H2;2H2,1H3;1H2;2*1H2;1H3;2*1H4. The molecule has 0 saturated carbocycles. The Balaban J connectivity index is -0.0000000222. The Hall–Kier alpha value is -0.920. The Kier molecular flexibility index (Phi) is 139. The number of hydrogen-bond donors (Lipinski definition) is 0. The van der Waals surface area contributed by atoms with Crippen LogP contribution in [0, 0.1) is 0 Å². The van der Waals surface area contributed by atoms with Crippen molar-refractivity contribution < 1.29 is 62.8 Å². The minimum Gasteiger partial charge on any atom is -0.255 e. The normalized spacial score (nSPS) is 7.25. The van der Waals surface area contributed by atoms with E-state index in [0.717, 1.165) is 0 Å². The van der Waals surface area contributed by atoms with E-state index in [1.807, 2.05) is 0 Å². The lowest BCUT2D eigenvalue weighted by atomic mass is 10.7. The minimum absolute atomic E-state index is 0. The molecule has 0 aliphatic rings. The summed E-state index contributed by atoms with van der Waals surface area (Å²) in [5, 5.41) is 0. The van der Waals surface area contributed by atoms with Crippen LogP contribution >= 0.6 is 0 Å². The summed E-state index contributed by atoms with van der Waals surface area (Å²) in [6.07, 6.45) is -4.55. The Bertz CT molecular complexity index is 112. The first-order chi connectivity index (χ1) is 10.2. The largest absolute Gasteiger partial charge is 0.415 e. The molecule has 0 N–H and O–H groups in total. The van der Waals surface area contributed by atoms with Gasteiger partial charge in [0.2, 0.25) is 20.7 Å². The summed E-state index contributed by atoms with van der Waals surface area (Å²) < 4.78 is 121. The fourth-order valence-electron chi connectivity index (χ4n) is 0.0619. The van der Waals surface area contributed by atoms with Gasteiger partial charge in [-0.3, -0.25) is 8.78 Å². The van der Waals surface area contributed by atoms with Crippen molar-refractivity contribution in [3.05, 3.63) is 0 Å². The van der Waals surface area contributed by atoms with E-state index >= 15 is 0 Å². The third-order valence-electron chi connectivity index (χ3n) is 0.259. The van der Waals surface area contributed by atoms with Crippen LogP contribution in [-0.4, -0.2) is 47.4 Å². The van der Waals surface area contributed by atoms with Gasteiger partial charge in [-0.2, -0.15) is 23.1 Å². The maximum absolute atomic E-state index is 10.7. The van der Waals surface area contributed by atoms with Crippen molar-refractivity contribution in [2.45, 2.75) is 28.0 Å². The smallest absolute Gasteiger partial charge is 0.255 e. The van der Waals surface area contributed by atoms with Gasteiger partial charge in [0, 0.05) is 0 Å². The molecular formula is C10H24F12O2. The van der Waals surface area contributed by atoms with E-state index in [9.17, 15) is 53.0 Å². The Morgan fingerprint density at radius 2 is 0.875 bits per heavy atom. The average Bonchev–Trinajstić information content (AvgIpc) is 2.43. The van der Waals surface area contributed by atoms with Crippen molar-refractivity contribution in [3.63, 3.8) is 0 Å². The van der Waals surface area contributed by atoms with Crippen LogP contribution in [0.2, 0.25) is 0 Å². The van der Waals surface area contributed by atoms with Crippen LogP contribution < -0.4 is 0 Å². The van der Waals surface area contributed by atoms with E-state index < -0.39 is 33.5 Å². The molecule has 24 heavy (non-hydrogen) atoms. The van der Waals surface area contributed by atoms with Crippen LogP contribution in [0.25, 0.3) is 0 Å². The van der Waals surface area contributed by atoms with Crippen molar-refractivity contribution >= 4 is 0 Å². The van der Waals surface area contributed by atoms with Crippen LogP contribution in [0.4, 0.5) is 53.0 Å². The number of rotatable bonds is 2. The predicted molar refractivity (Wildman–Crippen MR) is 67.6 cm³/mol. The average molecular weight is 404 g/mol. The maximum Gasteiger partial charge on any atom is 0.415 e. The molecule has 0 bridgehead atoms. The Labute approximate surface area is 133 Å². The van der Waals surface area contributed by atoms with E-state index in [2.05, 4.69) is 9.88 Å². The molecule has 0 aliphatic heterocycles. The molecule has 0 aliphatic carbocycles. The summed E-state index contributed by atoms with van der Waals surface area (Å²) in [4.78, 5) is 4.66. The lowest BCUT2D eigenvalue weighted by Gasteiger charge is -1.97. The highest BCUT2D eigenvalue weighted by Crippen LogP contribution is 2.13. The molecule has 0 heterocycles. The number of hydrogen-bond acceptors (Lipinski definition) is 2. The number of alkyl halides is 10. The first kappa shape index (κ1) is 49.5. The van der Waals surface area contributed by atoms with Gasteiger partial charge in [-0.25, -0.2) is 22.0 Å². The molecule has 160 valence electrons. The molecule has 0 aromatic carbocycles. The van der Waals surface area contributed by atoms with Gasteiger partial charge < -0.3 is 0 Å². The van der Waals surface area contributed by atoms with E-state index in [-0.39, 0.29) is 21.5 Å². The molecule has 0 aromatic rings. The monoisotopic (exact) mass is 404 g/mol. The Morgan fingerprint density at radius 1 is 0.708 bits per heavy atom. The first-order valence-electron chi connectivity index (χ1n) is 4.50. The van der Waals surface area contributed by atoms with Crippen LogP contribution in [0.1, 0.15) is 21.8 Å². The molecule has 0 saturated heterocycles. The van der Waals surface area contributed by atoms with Gasteiger partial charge >= 0.3 is 6.18 Å². The molecule has 0 rings (SSSR count). The summed E-state index contributed by atoms with van der Waals surface area (Å²) in [6, 6.07) is 0. The van der Waals surface area contributed by atoms with Crippen molar-refractivity contribution in [2.24, 2.45) is 0 Å². The van der Waals surface area contributed by atoms with Crippen LogP contribution in [0.5, 0.6) is 0 Å². The summed E-state index contributed by atoms with van der Waals surface area (Å²) in [5.74, 6) is 0. The van der Waals surface area contributed by atoms with Crippen LogP contribution in [0.15, 0.2) is 0 Å². The zero-order chi connectivity index (χ0) is 19.4. The fourth-order valence-corrected chi connectivity index (χ4v) is 0.0619. The number of halogens is 12. The van der Waals surface area contributed by atoms with E-state index in [0.29, 0.717) is 7.18 Å². The highest BCUT2D eigenvalue weighted by atomic mass is 19.4. The summed E-state index contributed by atoms with van der Waals surface area (Å²) >= 11 is 0. The predicted octanol–water partition coefficient (Wildman–Crippen LogP) is 6.86. The Morgan fingerprint density at radius 3 is 0.875 bits per heavy atom. The van der Waals surface area contributed by atoms with Gasteiger partial charge in [-0.1, -0.05) is 14.9 Å². The second-order valence-corrected chi connectivity index (χ2v) is 1.56. The molecule has 0 fully saturated rings. The second kappa shape index (κ2) is 67.2. The van der Waals surface area contributed by atoms with Crippen molar-refractivity contribution in [1.82, 2.24) is 0 Å². The topological polar surface area (TPSA) is 18.5 Å². The van der Waals surface area contributed by atoms with Gasteiger partial charge in [0.25, 0.3) is 0 Å². The first-order valence-corrected chi connectivity index (χ1v) is 4.50. The fraction of sp³-hybridized carbons (Fsp3) is 1.00. The molecule has 0 unspecified atom stereocenters. The lowest BCUT2D eigenvalue weighted by Crippen LogP contribution is -2.13. The molecule has 0 atom stereocenters. The third-order valence-corrected chi connectivity index (χ3v) is 0.259. The van der Waals surface area contributed by atoms with Crippen LogP contribution in [-0.2, 0) is 9.88 Å². The molecule has 2 nitrogen and oxygen atoms in total. The molecule has 0 aromatic heterocycles. The maximum atomic E-state index is 10.7. The van der Waals surface area contributed by atoms with Crippen molar-refractivity contribution in [3.8, 4) is 0 Å². The molecular weight excluding hydrogens is 380 g/mol. The van der Waals surface area contributed by atoms with Gasteiger partial charge in [0.05, 0.1) is 13.9 Å². The van der Waals surface area contributed by atoms with Gasteiger partial charge in [-0.15, -0.1) is 0 Å². The van der Waals surface area contributed by atoms with Gasteiger partial charge in [0.1, 0.15) is 0 Å². The highest BCUT2D eigenvalue weighted by Gasteiger charge is 2.27. The lowest BCUT2D eigenvalue weighted by molar-refractivity contribution is -0.245. The molecule has 14 heteroatoms. The summed E-state index contributed by atoms with van der Waals surface area (Å²) in [6.45, 7) is -5.47. The zero-order valence-electron chi connectivity index (χ0n) is 11.4. The van der Waals surface area contributed by atoms with Crippen molar-refractivity contribution in [2.75, 3.05) is 41.2 Å². The van der Waals surface area contributed by atoms with Crippen LogP contribution in [0.3, 0.4) is 0 Å². The second-order valence-electron chi connectivity index (χ2n) is 1.56. The SMILES string of the molecule is C.C.CCF.CF.FCF.FCF.FCOF.FOCC(F)(F)F. The zero-order valence-corrected chi connectivity index (χ0v) is 11.4. The van der Waals surface area contributed by atoms with Gasteiger partial charge in [0.15, 0.2) is 6.61 Å². The summed E-state index contributed by atoms with van der Waals surface area (Å²) in [5.41, 5.74) is 0. The molecule has 0 radical (unpaired) electrons. The van der Waals surface area contributed by atoms with E-state index in [1.54, 1.807) is 0 Å². The third kappa shape index (κ3) is 511. The van der Waals surface area contributed by atoms with E-state index in [1.165, 1.54) is 6.92 Å². The molecule has 0 amide bonds. The summed E-state index contributed by atoms with van der Waals surface area (Å²) in [7, 11) is 0.500.